The first-order valence-corrected chi connectivity index (χ1v) is 11.8. The number of aromatic hydroxyl groups is 1. The number of piperazine rings is 1. The molecule has 1 aliphatic heterocycles. The molecule has 1 unspecified atom stereocenters. The van der Waals surface area contributed by atoms with E-state index in [4.69, 9.17) is 4.74 Å². The maximum Gasteiger partial charge on any atom is 0.230 e. The van der Waals surface area contributed by atoms with Gasteiger partial charge in [0.1, 0.15) is 11.6 Å². The average molecular weight is 468 g/mol. The van der Waals surface area contributed by atoms with Crippen LogP contribution in [0.15, 0.2) is 48.5 Å². The summed E-state index contributed by atoms with van der Waals surface area (Å²) in [4.78, 5) is 10.7. The lowest BCUT2D eigenvalue weighted by atomic mass is 10.0. The third-order valence-corrected chi connectivity index (χ3v) is 7.18. The number of rotatable bonds is 6. The van der Waals surface area contributed by atoms with Crippen LogP contribution in [0.25, 0.3) is 4.96 Å². The van der Waals surface area contributed by atoms with Gasteiger partial charge in [-0.3, -0.25) is 4.90 Å². The van der Waals surface area contributed by atoms with Crippen molar-refractivity contribution in [2.24, 2.45) is 0 Å². The molecule has 33 heavy (non-hydrogen) atoms. The van der Waals surface area contributed by atoms with E-state index in [1.54, 1.807) is 11.6 Å². The smallest absolute Gasteiger partial charge is 0.230 e. The number of nitrogens with zero attached hydrogens (tertiary/aromatic N) is 5. The Balaban J connectivity index is 1.46. The number of aromatic nitrogens is 3. The van der Waals surface area contributed by atoms with Gasteiger partial charge in [-0.2, -0.15) is 4.52 Å². The van der Waals surface area contributed by atoms with E-state index < -0.39 is 0 Å². The van der Waals surface area contributed by atoms with Crippen LogP contribution in [0.4, 0.5) is 10.1 Å². The van der Waals surface area contributed by atoms with Crippen LogP contribution in [0.3, 0.4) is 0 Å². The molecule has 2 aromatic carbocycles. The van der Waals surface area contributed by atoms with Crippen LogP contribution < -0.4 is 9.64 Å². The summed E-state index contributed by atoms with van der Waals surface area (Å²) in [7, 11) is 1.65. The van der Waals surface area contributed by atoms with Gasteiger partial charge in [0.25, 0.3) is 0 Å². The lowest BCUT2D eigenvalue weighted by Crippen LogP contribution is -2.47. The maximum absolute atomic E-state index is 13.3. The molecule has 9 heteroatoms. The zero-order valence-corrected chi connectivity index (χ0v) is 19.4. The molecule has 1 atom stereocenters. The molecule has 5 rings (SSSR count). The predicted molar refractivity (Wildman–Crippen MR) is 127 cm³/mol. The topological polar surface area (TPSA) is 66.1 Å². The number of hydrogen-bond donors (Lipinski definition) is 1. The first kappa shape index (κ1) is 21.7. The lowest BCUT2D eigenvalue weighted by molar-refractivity contribution is 0.211. The fraction of sp³-hybridized carbons (Fsp3) is 0.333. The van der Waals surface area contributed by atoms with E-state index in [9.17, 15) is 9.50 Å². The summed E-state index contributed by atoms with van der Waals surface area (Å²) < 4.78 is 20.2. The van der Waals surface area contributed by atoms with Crippen LogP contribution in [0.1, 0.15) is 29.2 Å². The number of aryl methyl sites for hydroxylation is 1. The minimum atomic E-state index is -0.227. The Morgan fingerprint density at radius 3 is 2.36 bits per heavy atom. The molecule has 2 aromatic heterocycles. The fourth-order valence-electron chi connectivity index (χ4n) is 4.32. The van der Waals surface area contributed by atoms with Crippen LogP contribution in [0.2, 0.25) is 0 Å². The van der Waals surface area contributed by atoms with Crippen molar-refractivity contribution in [3.8, 4) is 11.6 Å². The second kappa shape index (κ2) is 8.99. The number of thiazole rings is 1. The highest BCUT2D eigenvalue weighted by molar-refractivity contribution is 7.17. The van der Waals surface area contributed by atoms with Crippen LogP contribution in [-0.2, 0) is 6.42 Å². The number of benzene rings is 2. The molecule has 7 nitrogen and oxygen atoms in total. The summed E-state index contributed by atoms with van der Waals surface area (Å²) in [6.07, 6.45) is 0.719. The van der Waals surface area contributed by atoms with Crippen molar-refractivity contribution in [2.45, 2.75) is 19.4 Å². The van der Waals surface area contributed by atoms with Gasteiger partial charge in [0, 0.05) is 38.3 Å². The highest BCUT2D eigenvalue weighted by Gasteiger charge is 2.32. The molecule has 0 radical (unpaired) electrons. The van der Waals surface area contributed by atoms with Crippen molar-refractivity contribution in [1.82, 2.24) is 19.5 Å². The molecule has 0 saturated carbocycles. The molecule has 1 saturated heterocycles. The van der Waals surface area contributed by atoms with Gasteiger partial charge in [-0.05, 0) is 42.0 Å². The third kappa shape index (κ3) is 4.14. The summed E-state index contributed by atoms with van der Waals surface area (Å²) in [5.74, 6) is 1.43. The molecule has 1 fully saturated rings. The van der Waals surface area contributed by atoms with E-state index in [2.05, 4.69) is 19.9 Å². The first-order valence-electron chi connectivity index (χ1n) is 11.0. The molecule has 0 bridgehead atoms. The van der Waals surface area contributed by atoms with E-state index in [0.29, 0.717) is 4.96 Å². The molecule has 172 valence electrons. The van der Waals surface area contributed by atoms with E-state index in [-0.39, 0.29) is 17.7 Å². The molecule has 1 aliphatic rings. The van der Waals surface area contributed by atoms with E-state index in [1.165, 1.54) is 23.5 Å². The summed E-state index contributed by atoms with van der Waals surface area (Å²) in [6.45, 7) is 5.19. The highest BCUT2D eigenvalue weighted by Crippen LogP contribution is 2.40. The Bertz CT molecular complexity index is 1230. The molecule has 3 heterocycles. The first-order chi connectivity index (χ1) is 16.1. The van der Waals surface area contributed by atoms with Crippen molar-refractivity contribution in [1.29, 1.82) is 0 Å². The molecule has 0 spiro atoms. The minimum absolute atomic E-state index is 0.134. The van der Waals surface area contributed by atoms with Crippen LogP contribution >= 0.6 is 11.3 Å². The second-order valence-electron chi connectivity index (χ2n) is 8.04. The van der Waals surface area contributed by atoms with Crippen LogP contribution in [0, 0.1) is 5.82 Å². The molecule has 4 aromatic rings. The summed E-state index contributed by atoms with van der Waals surface area (Å²) in [5, 5.41) is 15.5. The van der Waals surface area contributed by atoms with Gasteiger partial charge in [0.05, 0.1) is 18.0 Å². The molecule has 1 N–H and O–H groups in total. The van der Waals surface area contributed by atoms with Crippen molar-refractivity contribution in [3.05, 3.63) is 70.6 Å². The summed E-state index contributed by atoms with van der Waals surface area (Å²) in [5.41, 5.74) is 2.09. The summed E-state index contributed by atoms with van der Waals surface area (Å²) >= 11 is 1.48. The maximum atomic E-state index is 13.3. The molecular formula is C24H26FN5O2S. The zero-order valence-electron chi connectivity index (χ0n) is 18.6. The van der Waals surface area contributed by atoms with E-state index in [0.717, 1.165) is 60.3 Å². The van der Waals surface area contributed by atoms with Gasteiger partial charge < -0.3 is 14.7 Å². The minimum Gasteiger partial charge on any atom is -0.497 e. The number of methoxy groups -OCH3 is 1. The van der Waals surface area contributed by atoms with Gasteiger partial charge in [-0.25, -0.2) is 9.37 Å². The van der Waals surface area contributed by atoms with E-state index >= 15 is 0 Å². The summed E-state index contributed by atoms with van der Waals surface area (Å²) in [6, 6.07) is 14.5. The number of fused-ring (bicyclic) bond motifs is 1. The van der Waals surface area contributed by atoms with Crippen LogP contribution in [-0.4, -0.2) is 57.9 Å². The zero-order chi connectivity index (χ0) is 22.9. The standard InChI is InChI=1S/C24H26FN5O2S/c1-3-20-26-24-30(27-20)23(31)22(33-24)21(16-4-10-19(32-2)11-5-16)29-14-12-28(13-15-29)18-8-6-17(25)7-9-18/h4-11,21,31H,3,12-15H2,1-2H3. The Morgan fingerprint density at radius 1 is 1.06 bits per heavy atom. The normalized spacial score (nSPS) is 15.8. The molecular weight excluding hydrogens is 441 g/mol. The van der Waals surface area contributed by atoms with Crippen molar-refractivity contribution < 1.29 is 14.2 Å². The number of hydrogen-bond acceptors (Lipinski definition) is 7. The SMILES string of the molecule is CCc1nc2sc(C(c3ccc(OC)cc3)N3CCN(c4ccc(F)cc4)CC3)c(O)n2n1. The van der Waals surface area contributed by atoms with Gasteiger partial charge >= 0.3 is 0 Å². The Kier molecular flexibility index (Phi) is 5.90. The Morgan fingerprint density at radius 2 is 1.76 bits per heavy atom. The molecule has 0 aliphatic carbocycles. The Hall–Kier alpha value is -3.17. The van der Waals surface area contributed by atoms with Crippen molar-refractivity contribution in [3.63, 3.8) is 0 Å². The number of ether oxygens (including phenoxy) is 1. The average Bonchev–Trinajstić information content (AvgIpc) is 3.40. The molecule has 0 amide bonds. The quantitative estimate of drug-likeness (QED) is 0.460. The van der Waals surface area contributed by atoms with Crippen LogP contribution in [0.5, 0.6) is 11.6 Å². The second-order valence-corrected chi connectivity index (χ2v) is 9.05. The fourth-order valence-corrected chi connectivity index (χ4v) is 5.46. The van der Waals surface area contributed by atoms with Gasteiger partial charge in [0.15, 0.2) is 5.82 Å². The Labute approximate surface area is 195 Å². The van der Waals surface area contributed by atoms with Gasteiger partial charge in [-0.15, -0.1) is 5.10 Å². The van der Waals surface area contributed by atoms with E-state index in [1.807, 2.05) is 43.3 Å². The third-order valence-electron chi connectivity index (χ3n) is 6.11. The van der Waals surface area contributed by atoms with Gasteiger partial charge in [0.2, 0.25) is 10.8 Å². The highest BCUT2D eigenvalue weighted by atomic mass is 32.1. The van der Waals surface area contributed by atoms with Crippen molar-refractivity contribution in [2.75, 3.05) is 38.2 Å². The largest absolute Gasteiger partial charge is 0.497 e. The number of halogens is 1. The lowest BCUT2D eigenvalue weighted by Gasteiger charge is -2.40. The monoisotopic (exact) mass is 467 g/mol. The van der Waals surface area contributed by atoms with Crippen molar-refractivity contribution >= 4 is 22.0 Å². The predicted octanol–water partition coefficient (Wildman–Crippen LogP) is 4.12. The number of anilines is 1. The van der Waals surface area contributed by atoms with Gasteiger partial charge in [-0.1, -0.05) is 30.4 Å².